The summed E-state index contributed by atoms with van der Waals surface area (Å²) in [6.45, 7) is 2.39. The molecule has 1 aromatic heterocycles. The van der Waals surface area contributed by atoms with E-state index in [0.717, 1.165) is 22.3 Å². The molecule has 1 fully saturated rings. The van der Waals surface area contributed by atoms with Crippen LogP contribution in [-0.4, -0.2) is 56.2 Å². The fourth-order valence-electron chi connectivity index (χ4n) is 6.63. The molecule has 51 heavy (non-hydrogen) atoms. The second-order valence-corrected chi connectivity index (χ2v) is 12.3. The third-order valence-corrected chi connectivity index (χ3v) is 9.33. The van der Waals surface area contributed by atoms with Gasteiger partial charge in [0.2, 0.25) is 0 Å². The number of hydrogen-bond acceptors (Lipinski definition) is 9. The number of hydrogen-bond donors (Lipinski definition) is 2. The van der Waals surface area contributed by atoms with Crippen molar-refractivity contribution in [3.63, 3.8) is 0 Å². The van der Waals surface area contributed by atoms with Crippen molar-refractivity contribution in [2.45, 2.75) is 37.6 Å². The van der Waals surface area contributed by atoms with Crippen LogP contribution in [0.2, 0.25) is 0 Å². The second-order valence-electron chi connectivity index (χ2n) is 12.3. The third kappa shape index (κ3) is 7.68. The Morgan fingerprint density at radius 1 is 0.784 bits per heavy atom. The average Bonchev–Trinajstić information content (AvgIpc) is 3.53. The molecule has 5 aromatic rings. The SMILES string of the molecule is COc1ccc(C(OC[C@H]2O[C@@H](n3cc(C)c(=O)[nH]c3=O)[C@H](OC)[C@@H]2CNOCc2ccccc2)(c2ccccc2)c2ccc(OC)cc2)cc1. The molecule has 0 radical (unpaired) electrons. The van der Waals surface area contributed by atoms with Crippen LogP contribution in [0.25, 0.3) is 0 Å². The van der Waals surface area contributed by atoms with Crippen molar-refractivity contribution in [2.24, 2.45) is 5.92 Å². The quantitative estimate of drug-likeness (QED) is 0.0875. The lowest BCUT2D eigenvalue weighted by molar-refractivity contribution is -0.0939. The molecule has 4 atom stereocenters. The number of aryl methyl sites for hydroxylation is 1. The Labute approximate surface area is 296 Å². The molecule has 6 rings (SSSR count). The second kappa shape index (κ2) is 16.3. The summed E-state index contributed by atoms with van der Waals surface area (Å²) in [7, 11) is 4.84. The van der Waals surface area contributed by atoms with Gasteiger partial charge >= 0.3 is 5.69 Å². The van der Waals surface area contributed by atoms with Gasteiger partial charge < -0.3 is 23.7 Å². The highest BCUT2D eigenvalue weighted by atomic mass is 16.6. The largest absolute Gasteiger partial charge is 0.497 e. The van der Waals surface area contributed by atoms with Gasteiger partial charge in [0.1, 0.15) is 23.2 Å². The number of ether oxygens (including phenoxy) is 5. The predicted octanol–water partition coefficient (Wildman–Crippen LogP) is 5.12. The zero-order valence-electron chi connectivity index (χ0n) is 29.1. The van der Waals surface area contributed by atoms with Crippen LogP contribution in [0, 0.1) is 12.8 Å². The number of hydroxylamine groups is 1. The molecular formula is C40H43N3O8. The van der Waals surface area contributed by atoms with Gasteiger partial charge in [-0.1, -0.05) is 84.9 Å². The van der Waals surface area contributed by atoms with E-state index in [1.54, 1.807) is 28.3 Å². The first-order valence-corrected chi connectivity index (χ1v) is 16.8. The molecule has 4 aromatic carbocycles. The summed E-state index contributed by atoms with van der Waals surface area (Å²) in [5.74, 6) is 1.07. The number of nitrogens with one attached hydrogen (secondary N) is 2. The number of benzene rings is 4. The van der Waals surface area contributed by atoms with Gasteiger partial charge in [-0.25, -0.2) is 10.3 Å². The Morgan fingerprint density at radius 2 is 1.35 bits per heavy atom. The van der Waals surface area contributed by atoms with Crippen molar-refractivity contribution in [3.05, 3.63) is 164 Å². The Hall–Kier alpha value is -5.04. The monoisotopic (exact) mass is 693 g/mol. The first-order valence-electron chi connectivity index (χ1n) is 16.8. The van der Waals surface area contributed by atoms with Crippen LogP contribution in [-0.2, 0) is 31.3 Å². The predicted molar refractivity (Wildman–Crippen MR) is 192 cm³/mol. The minimum Gasteiger partial charge on any atom is -0.497 e. The molecule has 11 heteroatoms. The molecular weight excluding hydrogens is 650 g/mol. The zero-order chi connectivity index (χ0) is 35.8. The molecule has 0 amide bonds. The van der Waals surface area contributed by atoms with E-state index in [1.807, 2.05) is 109 Å². The maximum atomic E-state index is 13.1. The standard InChI is InChI=1S/C40H43N3O8/c1-27-24-43(39(45)42-37(27)44)38-36(48-4)34(23-41-50-25-28-11-7-5-8-12-28)35(51-38)26-49-40(29-13-9-6-10-14-29,30-15-19-32(46-2)20-16-30)31-17-21-33(47-3)22-18-31/h5-22,24,34-36,38,41H,23,25-26H2,1-4H3,(H,42,44,45)/t34-,35-,36-,38-/m1/s1. The van der Waals surface area contributed by atoms with Gasteiger partial charge in [0.05, 0.1) is 33.5 Å². The van der Waals surface area contributed by atoms with Crippen molar-refractivity contribution in [1.29, 1.82) is 0 Å². The maximum Gasteiger partial charge on any atom is 0.330 e. The number of aromatic amines is 1. The summed E-state index contributed by atoms with van der Waals surface area (Å²) >= 11 is 0. The highest BCUT2D eigenvalue weighted by Crippen LogP contribution is 2.43. The highest BCUT2D eigenvalue weighted by molar-refractivity contribution is 5.49. The number of nitrogens with zero attached hydrogens (tertiary/aromatic N) is 1. The Kier molecular flexibility index (Phi) is 11.4. The minimum atomic E-state index is -1.10. The maximum absolute atomic E-state index is 13.1. The lowest BCUT2D eigenvalue weighted by Gasteiger charge is -2.37. The molecule has 1 aliphatic rings. The van der Waals surface area contributed by atoms with Gasteiger partial charge in [-0.3, -0.25) is 19.2 Å². The summed E-state index contributed by atoms with van der Waals surface area (Å²) in [5, 5.41) is 0. The van der Waals surface area contributed by atoms with Gasteiger partial charge in [-0.05, 0) is 53.4 Å². The van der Waals surface area contributed by atoms with E-state index >= 15 is 0 Å². The summed E-state index contributed by atoms with van der Waals surface area (Å²) in [4.78, 5) is 33.7. The fraction of sp³-hybridized carbons (Fsp3) is 0.300. The smallest absolute Gasteiger partial charge is 0.330 e. The van der Waals surface area contributed by atoms with Crippen molar-refractivity contribution in [2.75, 3.05) is 34.5 Å². The molecule has 0 aliphatic carbocycles. The van der Waals surface area contributed by atoms with E-state index in [2.05, 4.69) is 10.5 Å². The minimum absolute atomic E-state index is 0.0887. The van der Waals surface area contributed by atoms with Crippen LogP contribution in [0.15, 0.2) is 125 Å². The molecule has 2 heterocycles. The van der Waals surface area contributed by atoms with E-state index in [-0.39, 0.29) is 12.5 Å². The fourth-order valence-corrected chi connectivity index (χ4v) is 6.63. The first-order chi connectivity index (χ1) is 24.9. The van der Waals surface area contributed by atoms with Crippen LogP contribution in [0.4, 0.5) is 0 Å². The van der Waals surface area contributed by atoms with Gasteiger partial charge in [0.15, 0.2) is 6.23 Å². The number of H-pyrrole nitrogens is 1. The molecule has 2 N–H and O–H groups in total. The summed E-state index contributed by atoms with van der Waals surface area (Å²) in [6, 6.07) is 35.4. The van der Waals surface area contributed by atoms with E-state index in [9.17, 15) is 9.59 Å². The number of methoxy groups -OCH3 is 3. The van der Waals surface area contributed by atoms with Crippen molar-refractivity contribution >= 4 is 0 Å². The van der Waals surface area contributed by atoms with Crippen LogP contribution in [0.3, 0.4) is 0 Å². The molecule has 0 bridgehead atoms. The normalized spacial score (nSPS) is 18.8. The van der Waals surface area contributed by atoms with E-state index in [1.165, 1.54) is 10.8 Å². The lowest BCUT2D eigenvalue weighted by Crippen LogP contribution is -2.42. The molecule has 0 unspecified atom stereocenters. The van der Waals surface area contributed by atoms with Crippen LogP contribution < -0.4 is 26.2 Å². The Bertz CT molecular complexity index is 1920. The number of aromatic nitrogens is 2. The van der Waals surface area contributed by atoms with Crippen molar-refractivity contribution in [3.8, 4) is 11.5 Å². The molecule has 11 nitrogen and oxygen atoms in total. The number of rotatable bonds is 15. The summed E-state index contributed by atoms with van der Waals surface area (Å²) in [5.41, 5.74) is 4.96. The van der Waals surface area contributed by atoms with Gasteiger partial charge in [0, 0.05) is 31.3 Å². The Balaban J connectivity index is 1.39. The zero-order valence-corrected chi connectivity index (χ0v) is 29.1. The van der Waals surface area contributed by atoms with Crippen molar-refractivity contribution < 1.29 is 28.5 Å². The van der Waals surface area contributed by atoms with E-state index in [0.29, 0.717) is 30.2 Å². The van der Waals surface area contributed by atoms with Gasteiger partial charge in [0.25, 0.3) is 5.56 Å². The van der Waals surface area contributed by atoms with Crippen LogP contribution in [0.1, 0.15) is 34.0 Å². The van der Waals surface area contributed by atoms with Crippen LogP contribution in [0.5, 0.6) is 11.5 Å². The van der Waals surface area contributed by atoms with Gasteiger partial charge in [-0.15, -0.1) is 0 Å². The molecule has 266 valence electrons. The average molecular weight is 694 g/mol. The molecule has 0 saturated carbocycles. The van der Waals surface area contributed by atoms with E-state index in [4.69, 9.17) is 28.5 Å². The van der Waals surface area contributed by atoms with Crippen molar-refractivity contribution in [1.82, 2.24) is 15.0 Å². The molecule has 0 spiro atoms. The third-order valence-electron chi connectivity index (χ3n) is 9.33. The topological polar surface area (TPSA) is 122 Å². The summed E-state index contributed by atoms with van der Waals surface area (Å²) in [6.07, 6.45) is -0.560. The first kappa shape index (κ1) is 35.8. The summed E-state index contributed by atoms with van der Waals surface area (Å²) < 4.78 is 32.3. The van der Waals surface area contributed by atoms with Gasteiger partial charge in [-0.2, -0.15) is 0 Å². The highest BCUT2D eigenvalue weighted by Gasteiger charge is 2.48. The molecule has 1 aliphatic heterocycles. The Morgan fingerprint density at radius 3 is 1.92 bits per heavy atom. The van der Waals surface area contributed by atoms with E-state index < -0.39 is 35.3 Å². The lowest BCUT2D eigenvalue weighted by atomic mass is 9.80. The molecule has 1 saturated heterocycles. The van der Waals surface area contributed by atoms with Crippen LogP contribution >= 0.6 is 0 Å².